The molecule has 0 aliphatic heterocycles. The second-order valence-corrected chi connectivity index (χ2v) is 2.80. The Hall–Kier alpha value is -0.600. The van der Waals surface area contributed by atoms with Gasteiger partial charge in [-0.05, 0) is 0 Å². The van der Waals surface area contributed by atoms with E-state index in [1.165, 1.54) is 7.11 Å². The molecule has 0 aliphatic rings. The van der Waals surface area contributed by atoms with Gasteiger partial charge in [0.05, 0.1) is 13.2 Å². The third-order valence-corrected chi connectivity index (χ3v) is 1.88. The number of nitroso groups, excluding NO2 is 1. The summed E-state index contributed by atoms with van der Waals surface area (Å²) in [6.45, 7) is -1.29. The van der Waals surface area contributed by atoms with Gasteiger partial charge in [-0.15, -0.1) is 0 Å². The second-order valence-electron chi connectivity index (χ2n) is 2.80. The molecular weight excluding hydrogens is 194 g/mol. The second kappa shape index (κ2) is 6.80. The largest absolute Gasteiger partial charge is 0.394 e. The lowest BCUT2D eigenvalue weighted by molar-refractivity contribution is -0.0755. The molecule has 4 atom stereocenters. The summed E-state index contributed by atoms with van der Waals surface area (Å²) in [5.41, 5.74) is 0. The predicted octanol–water partition coefficient (Wildman–Crippen LogP) is -2.16. The van der Waals surface area contributed by atoms with Gasteiger partial charge in [0.1, 0.15) is 24.4 Å². The van der Waals surface area contributed by atoms with Crippen LogP contribution in [-0.4, -0.2) is 65.1 Å². The number of ether oxygens (including phenoxy) is 1. The van der Waals surface area contributed by atoms with Gasteiger partial charge in [0.15, 0.2) is 0 Å². The molecule has 84 valence electrons. The molecule has 4 N–H and O–H groups in total. The molecule has 0 aromatic heterocycles. The van der Waals surface area contributed by atoms with Gasteiger partial charge in [-0.25, -0.2) is 0 Å². The third kappa shape index (κ3) is 3.28. The summed E-state index contributed by atoms with van der Waals surface area (Å²) in [7, 11) is 1.20. The van der Waals surface area contributed by atoms with Crippen LogP contribution in [0.25, 0.3) is 0 Å². The van der Waals surface area contributed by atoms with Crippen LogP contribution in [0.3, 0.4) is 0 Å². The maximum Gasteiger partial charge on any atom is 0.149 e. The van der Waals surface area contributed by atoms with Crippen LogP contribution in [-0.2, 0) is 4.74 Å². The van der Waals surface area contributed by atoms with Crippen LogP contribution in [0.15, 0.2) is 5.18 Å². The topological polar surface area (TPSA) is 120 Å². The maximum atomic E-state index is 10.3. The Morgan fingerprint density at radius 2 is 1.71 bits per heavy atom. The fourth-order valence-corrected chi connectivity index (χ4v) is 1.09. The molecule has 0 spiro atoms. The zero-order valence-electron chi connectivity index (χ0n) is 7.78. The van der Waals surface area contributed by atoms with Crippen molar-refractivity contribution in [3.8, 4) is 0 Å². The highest BCUT2D eigenvalue weighted by atomic mass is 16.5. The molecule has 0 aliphatic carbocycles. The lowest BCUT2D eigenvalue weighted by Crippen LogP contribution is -2.47. The van der Waals surface area contributed by atoms with Crippen molar-refractivity contribution in [2.75, 3.05) is 20.3 Å². The maximum absolute atomic E-state index is 10.3. The summed E-state index contributed by atoms with van der Waals surface area (Å²) >= 11 is 0. The molecule has 0 amide bonds. The van der Waals surface area contributed by atoms with E-state index in [-0.39, 0.29) is 0 Å². The van der Waals surface area contributed by atoms with E-state index in [1.807, 2.05) is 0 Å². The quantitative estimate of drug-likeness (QED) is 0.355. The molecule has 3 unspecified atom stereocenters. The van der Waals surface area contributed by atoms with Gasteiger partial charge < -0.3 is 25.2 Å². The highest BCUT2D eigenvalue weighted by molar-refractivity contribution is 4.87. The third-order valence-electron chi connectivity index (χ3n) is 1.88. The number of hydrogen-bond acceptors (Lipinski definition) is 7. The predicted molar refractivity (Wildman–Crippen MR) is 46.6 cm³/mol. The normalized spacial score (nSPS) is 19.8. The zero-order valence-corrected chi connectivity index (χ0v) is 7.78. The average molecular weight is 209 g/mol. The lowest BCUT2D eigenvalue weighted by atomic mass is 10.0. The highest BCUT2D eigenvalue weighted by Gasteiger charge is 2.34. The minimum absolute atomic E-state index is 0.622. The smallest absolute Gasteiger partial charge is 0.149 e. The first kappa shape index (κ1) is 13.4. The van der Waals surface area contributed by atoms with Crippen molar-refractivity contribution in [1.29, 1.82) is 0 Å². The summed E-state index contributed by atoms with van der Waals surface area (Å²) in [6.07, 6.45) is -3.89. The molecule has 0 aromatic rings. The molecule has 0 saturated heterocycles. The molecule has 0 heterocycles. The van der Waals surface area contributed by atoms with Crippen molar-refractivity contribution >= 4 is 0 Å². The van der Waals surface area contributed by atoms with Crippen LogP contribution in [0.1, 0.15) is 0 Å². The van der Waals surface area contributed by atoms with Crippen LogP contribution < -0.4 is 0 Å². The first-order valence-electron chi connectivity index (χ1n) is 4.05. The summed E-state index contributed by atoms with van der Waals surface area (Å²) in [6, 6.07) is -1.31. The molecule has 7 nitrogen and oxygen atoms in total. The van der Waals surface area contributed by atoms with E-state index < -0.39 is 37.6 Å². The molecule has 0 bridgehead atoms. The van der Waals surface area contributed by atoms with E-state index in [9.17, 15) is 10.0 Å². The van der Waals surface area contributed by atoms with E-state index in [0.717, 1.165) is 0 Å². The molecule has 0 saturated carbocycles. The van der Waals surface area contributed by atoms with Crippen LogP contribution in [0, 0.1) is 4.91 Å². The fourth-order valence-electron chi connectivity index (χ4n) is 1.09. The standard InChI is InChI=1S/C7H15NO6/c1-14-7(5(12)3-10)6(8-13)4(11)2-9/h4-7,9-12H,2-3H2,1H3/t4?,5?,6?,7-/m1/s1. The Morgan fingerprint density at radius 1 is 1.21 bits per heavy atom. The van der Waals surface area contributed by atoms with Crippen LogP contribution in [0.5, 0.6) is 0 Å². The Balaban J connectivity index is 4.51. The number of hydrogen-bond donors (Lipinski definition) is 4. The minimum atomic E-state index is -1.42. The van der Waals surface area contributed by atoms with Crippen LogP contribution in [0.2, 0.25) is 0 Å². The molecule has 0 rings (SSSR count). The van der Waals surface area contributed by atoms with Gasteiger partial charge in [-0.1, -0.05) is 5.18 Å². The number of aliphatic hydroxyl groups excluding tert-OH is 4. The van der Waals surface area contributed by atoms with Gasteiger partial charge in [-0.2, -0.15) is 4.91 Å². The van der Waals surface area contributed by atoms with Gasteiger partial charge >= 0.3 is 0 Å². The first-order valence-corrected chi connectivity index (χ1v) is 4.05. The minimum Gasteiger partial charge on any atom is -0.394 e. The van der Waals surface area contributed by atoms with Crippen molar-refractivity contribution in [2.24, 2.45) is 5.18 Å². The molecule has 0 aromatic carbocycles. The average Bonchev–Trinajstić information content (AvgIpc) is 2.23. The van der Waals surface area contributed by atoms with Crippen molar-refractivity contribution < 1.29 is 25.2 Å². The number of rotatable bonds is 7. The lowest BCUT2D eigenvalue weighted by Gasteiger charge is -2.26. The number of nitrogens with zero attached hydrogens (tertiary/aromatic N) is 1. The van der Waals surface area contributed by atoms with Crippen molar-refractivity contribution in [1.82, 2.24) is 0 Å². The van der Waals surface area contributed by atoms with E-state index in [1.54, 1.807) is 0 Å². The summed E-state index contributed by atoms with van der Waals surface area (Å²) in [5.74, 6) is 0. The van der Waals surface area contributed by atoms with Gasteiger partial charge in [-0.3, -0.25) is 0 Å². The summed E-state index contributed by atoms with van der Waals surface area (Å²) in [5, 5.41) is 38.1. The molecule has 0 fully saturated rings. The van der Waals surface area contributed by atoms with Crippen LogP contribution >= 0.6 is 0 Å². The van der Waals surface area contributed by atoms with E-state index in [0.29, 0.717) is 0 Å². The zero-order chi connectivity index (χ0) is 11.1. The van der Waals surface area contributed by atoms with Crippen molar-refractivity contribution in [3.63, 3.8) is 0 Å². The number of aliphatic hydroxyl groups is 4. The van der Waals surface area contributed by atoms with Crippen LogP contribution in [0.4, 0.5) is 0 Å². The SMILES string of the molecule is CO[C@H](C(O)CO)C(N=O)C(O)CO. The van der Waals surface area contributed by atoms with Gasteiger partial charge in [0, 0.05) is 7.11 Å². The monoisotopic (exact) mass is 209 g/mol. The highest BCUT2D eigenvalue weighted by Crippen LogP contribution is 2.12. The molecule has 7 heteroatoms. The Labute approximate surface area is 80.9 Å². The van der Waals surface area contributed by atoms with E-state index in [4.69, 9.17) is 20.1 Å². The van der Waals surface area contributed by atoms with Crippen molar-refractivity contribution in [3.05, 3.63) is 4.91 Å². The summed E-state index contributed by atoms with van der Waals surface area (Å²) in [4.78, 5) is 10.3. The molecule has 0 radical (unpaired) electrons. The first-order chi connectivity index (χ1) is 6.62. The number of methoxy groups -OCH3 is 1. The Morgan fingerprint density at radius 3 is 2.00 bits per heavy atom. The van der Waals surface area contributed by atoms with Gasteiger partial charge in [0.2, 0.25) is 0 Å². The molecule has 14 heavy (non-hydrogen) atoms. The van der Waals surface area contributed by atoms with E-state index >= 15 is 0 Å². The van der Waals surface area contributed by atoms with E-state index in [2.05, 4.69) is 5.18 Å². The Bertz CT molecular complexity index is 166. The summed E-state index contributed by atoms with van der Waals surface area (Å²) < 4.78 is 4.70. The molecular formula is C7H15NO6. The van der Waals surface area contributed by atoms with Crippen molar-refractivity contribution in [2.45, 2.75) is 24.4 Å². The van der Waals surface area contributed by atoms with Gasteiger partial charge in [0.25, 0.3) is 0 Å². The Kier molecular flexibility index (Phi) is 6.50. The fraction of sp³-hybridized carbons (Fsp3) is 1.00.